The van der Waals surface area contributed by atoms with Crippen molar-refractivity contribution >= 4 is 25.7 Å². The van der Waals surface area contributed by atoms with Crippen molar-refractivity contribution in [1.82, 2.24) is 4.31 Å². The van der Waals surface area contributed by atoms with Crippen LogP contribution in [0.25, 0.3) is 0 Å². The molecule has 0 aromatic carbocycles. The maximum Gasteiger partial charge on any atom is 0.424 e. The van der Waals surface area contributed by atoms with Crippen LogP contribution in [-0.2, 0) is 24.6 Å². The SMILES string of the molecule is CC(C)(C)OC(=O)N1[C@H](CO[Si](C)(C)C(C)(C)C)COS1=O. The molecule has 1 aliphatic rings. The molecular formula is C14H29NO5SSi. The third-order valence-electron chi connectivity index (χ3n) is 3.87. The number of hydrogen-bond acceptors (Lipinski definition) is 5. The molecule has 1 heterocycles. The van der Waals surface area contributed by atoms with Gasteiger partial charge in [-0.15, -0.1) is 0 Å². The molecule has 130 valence electrons. The minimum atomic E-state index is -1.94. The van der Waals surface area contributed by atoms with Gasteiger partial charge in [0.2, 0.25) is 0 Å². The van der Waals surface area contributed by atoms with Gasteiger partial charge in [-0.25, -0.2) is 9.00 Å². The highest BCUT2D eigenvalue weighted by Crippen LogP contribution is 2.37. The van der Waals surface area contributed by atoms with Crippen LogP contribution in [-0.4, -0.2) is 47.8 Å². The maximum atomic E-state index is 12.2. The Morgan fingerprint density at radius 1 is 1.27 bits per heavy atom. The molecule has 1 rings (SSSR count). The second-order valence-electron chi connectivity index (χ2n) is 8.03. The first-order chi connectivity index (χ1) is 9.74. The van der Waals surface area contributed by atoms with E-state index >= 15 is 0 Å². The average Bonchev–Trinajstić information content (AvgIpc) is 2.64. The molecule has 0 saturated carbocycles. The zero-order chi connectivity index (χ0) is 17.3. The lowest BCUT2D eigenvalue weighted by Gasteiger charge is -2.37. The van der Waals surface area contributed by atoms with Gasteiger partial charge in [0.05, 0.1) is 19.3 Å². The Balaban J connectivity index is 2.74. The van der Waals surface area contributed by atoms with E-state index in [0.29, 0.717) is 6.61 Å². The van der Waals surface area contributed by atoms with Crippen LogP contribution in [0.1, 0.15) is 41.5 Å². The average molecular weight is 352 g/mol. The van der Waals surface area contributed by atoms with Gasteiger partial charge in [-0.05, 0) is 38.9 Å². The zero-order valence-corrected chi connectivity index (χ0v) is 16.7. The number of carbonyl (C=O) groups is 1. The summed E-state index contributed by atoms with van der Waals surface area (Å²) in [5.74, 6) is 0. The predicted octanol–water partition coefficient (Wildman–Crippen LogP) is 3.22. The highest BCUT2D eigenvalue weighted by molar-refractivity contribution is 7.78. The van der Waals surface area contributed by atoms with E-state index in [-0.39, 0.29) is 17.7 Å². The van der Waals surface area contributed by atoms with E-state index in [1.165, 1.54) is 0 Å². The van der Waals surface area contributed by atoms with Crippen LogP contribution < -0.4 is 0 Å². The minimum Gasteiger partial charge on any atom is -0.443 e. The van der Waals surface area contributed by atoms with Crippen LogP contribution in [0.2, 0.25) is 18.1 Å². The number of carbonyl (C=O) groups excluding carboxylic acids is 1. The second kappa shape index (κ2) is 6.58. The topological polar surface area (TPSA) is 65.1 Å². The summed E-state index contributed by atoms with van der Waals surface area (Å²) in [4.78, 5) is 12.2. The Hall–Kier alpha value is -0.443. The molecule has 22 heavy (non-hydrogen) atoms. The van der Waals surface area contributed by atoms with Crippen LogP contribution in [0.15, 0.2) is 0 Å². The smallest absolute Gasteiger partial charge is 0.424 e. The first-order valence-electron chi connectivity index (χ1n) is 7.46. The van der Waals surface area contributed by atoms with Crippen molar-refractivity contribution in [3.05, 3.63) is 0 Å². The van der Waals surface area contributed by atoms with E-state index in [2.05, 4.69) is 33.9 Å². The summed E-state index contributed by atoms with van der Waals surface area (Å²) < 4.78 is 29.5. The van der Waals surface area contributed by atoms with Gasteiger partial charge in [0.15, 0.2) is 8.32 Å². The molecule has 1 unspecified atom stereocenters. The van der Waals surface area contributed by atoms with Crippen molar-refractivity contribution in [2.45, 2.75) is 71.3 Å². The molecule has 2 atom stereocenters. The van der Waals surface area contributed by atoms with Crippen LogP contribution >= 0.6 is 0 Å². The fraction of sp³-hybridized carbons (Fsp3) is 0.929. The van der Waals surface area contributed by atoms with E-state index in [9.17, 15) is 9.00 Å². The summed E-state index contributed by atoms with van der Waals surface area (Å²) in [7, 11) is -1.94. The maximum absolute atomic E-state index is 12.2. The quantitative estimate of drug-likeness (QED) is 0.731. The Bertz CT molecular complexity index is 441. The summed E-state index contributed by atoms with van der Waals surface area (Å²) in [6, 6.07) is -0.384. The Kier molecular flexibility index (Phi) is 5.87. The fourth-order valence-electron chi connectivity index (χ4n) is 1.54. The predicted molar refractivity (Wildman–Crippen MR) is 89.1 cm³/mol. The number of rotatable bonds is 3. The number of nitrogens with zero attached hydrogens (tertiary/aromatic N) is 1. The monoisotopic (exact) mass is 351 g/mol. The molecule has 0 spiro atoms. The lowest BCUT2D eigenvalue weighted by molar-refractivity contribution is 0.0328. The van der Waals surface area contributed by atoms with Crippen LogP contribution in [0.5, 0.6) is 0 Å². The molecule has 1 aliphatic heterocycles. The van der Waals surface area contributed by atoms with Gasteiger partial charge in [0.1, 0.15) is 5.60 Å². The normalized spacial score (nSPS) is 23.7. The molecule has 0 aromatic heterocycles. The summed E-state index contributed by atoms with van der Waals surface area (Å²) in [6.45, 7) is 16.5. The highest BCUT2D eigenvalue weighted by atomic mass is 32.2. The first-order valence-corrected chi connectivity index (χ1v) is 11.4. The van der Waals surface area contributed by atoms with E-state index in [0.717, 1.165) is 4.31 Å². The van der Waals surface area contributed by atoms with Gasteiger partial charge < -0.3 is 9.16 Å². The van der Waals surface area contributed by atoms with Crippen molar-refractivity contribution in [1.29, 1.82) is 0 Å². The molecule has 0 aromatic rings. The summed E-state index contributed by atoms with van der Waals surface area (Å²) in [5, 5.41) is 0.0718. The summed E-state index contributed by atoms with van der Waals surface area (Å²) >= 11 is -1.81. The van der Waals surface area contributed by atoms with Crippen molar-refractivity contribution in [2.75, 3.05) is 13.2 Å². The van der Waals surface area contributed by atoms with Gasteiger partial charge in [0, 0.05) is 0 Å². The molecule has 1 saturated heterocycles. The number of hydrogen-bond donors (Lipinski definition) is 0. The van der Waals surface area contributed by atoms with E-state index in [1.54, 1.807) is 20.8 Å². The molecule has 1 amide bonds. The van der Waals surface area contributed by atoms with Crippen LogP contribution in [0, 0.1) is 0 Å². The summed E-state index contributed by atoms with van der Waals surface area (Å²) in [5.41, 5.74) is -0.644. The highest BCUT2D eigenvalue weighted by Gasteiger charge is 2.43. The van der Waals surface area contributed by atoms with Gasteiger partial charge in [-0.3, -0.25) is 4.18 Å². The molecule has 6 nitrogen and oxygen atoms in total. The molecule has 8 heteroatoms. The van der Waals surface area contributed by atoms with Gasteiger partial charge in [0.25, 0.3) is 11.3 Å². The van der Waals surface area contributed by atoms with Crippen molar-refractivity contribution < 1.29 is 22.3 Å². The largest absolute Gasteiger partial charge is 0.443 e. The van der Waals surface area contributed by atoms with Crippen LogP contribution in [0.3, 0.4) is 0 Å². The number of ether oxygens (including phenoxy) is 1. The molecule has 0 aliphatic carbocycles. The lowest BCUT2D eigenvalue weighted by atomic mass is 10.2. The summed E-state index contributed by atoms with van der Waals surface area (Å²) in [6.07, 6.45) is -0.632. The first kappa shape index (κ1) is 19.6. The van der Waals surface area contributed by atoms with E-state index < -0.39 is 31.3 Å². The fourth-order valence-corrected chi connectivity index (χ4v) is 3.49. The minimum absolute atomic E-state index is 0.0718. The molecule has 0 N–H and O–H groups in total. The standard InChI is InChI=1S/C14H29NO5SSi/c1-13(2,3)20-12(16)15-11(9-18-21(15)17)10-19-22(7,8)14(4,5)6/h11H,9-10H2,1-8H3/t11-,21?/m0/s1. The Morgan fingerprint density at radius 3 is 2.27 bits per heavy atom. The lowest BCUT2D eigenvalue weighted by Crippen LogP contribution is -2.47. The number of amides is 1. The van der Waals surface area contributed by atoms with Gasteiger partial charge in [-0.1, -0.05) is 20.8 Å². The molecule has 0 bridgehead atoms. The zero-order valence-electron chi connectivity index (χ0n) is 14.9. The van der Waals surface area contributed by atoms with Crippen molar-refractivity contribution in [2.24, 2.45) is 0 Å². The molecular weight excluding hydrogens is 322 g/mol. The third-order valence-corrected chi connectivity index (χ3v) is 9.48. The van der Waals surface area contributed by atoms with E-state index in [4.69, 9.17) is 13.3 Å². The van der Waals surface area contributed by atoms with Crippen molar-refractivity contribution in [3.63, 3.8) is 0 Å². The second-order valence-corrected chi connectivity index (χ2v) is 13.9. The van der Waals surface area contributed by atoms with Gasteiger partial charge in [-0.2, -0.15) is 4.31 Å². The van der Waals surface area contributed by atoms with Crippen LogP contribution in [0.4, 0.5) is 4.79 Å². The Morgan fingerprint density at radius 2 is 1.82 bits per heavy atom. The molecule has 0 radical (unpaired) electrons. The third kappa shape index (κ3) is 5.04. The van der Waals surface area contributed by atoms with Crippen molar-refractivity contribution in [3.8, 4) is 0 Å². The van der Waals surface area contributed by atoms with Gasteiger partial charge >= 0.3 is 6.09 Å². The Labute approximate surface area is 137 Å². The molecule has 1 fully saturated rings. The van der Waals surface area contributed by atoms with E-state index in [1.807, 2.05) is 0 Å².